The summed E-state index contributed by atoms with van der Waals surface area (Å²) in [4.78, 5) is 14.3. The first-order valence-corrected chi connectivity index (χ1v) is 10.3. The molecule has 27 heavy (non-hydrogen) atoms. The second-order valence-corrected chi connectivity index (χ2v) is 8.13. The van der Waals surface area contributed by atoms with E-state index in [-0.39, 0.29) is 5.69 Å². The summed E-state index contributed by atoms with van der Waals surface area (Å²) in [5, 5.41) is 11.6. The zero-order valence-corrected chi connectivity index (χ0v) is 16.1. The summed E-state index contributed by atoms with van der Waals surface area (Å²) in [5.41, 5.74) is 0.259. The van der Waals surface area contributed by atoms with Crippen LogP contribution in [0.2, 0.25) is 0 Å². The van der Waals surface area contributed by atoms with E-state index in [0.717, 1.165) is 36.8 Å². The molecular weight excluding hydrogens is 344 g/mol. The van der Waals surface area contributed by atoms with E-state index in [1.54, 1.807) is 13.0 Å². The van der Waals surface area contributed by atoms with Gasteiger partial charge in [0.25, 0.3) is 0 Å². The first-order valence-electron chi connectivity index (χ1n) is 10.3. The van der Waals surface area contributed by atoms with E-state index in [1.807, 2.05) is 6.07 Å². The van der Waals surface area contributed by atoms with Gasteiger partial charge in [0.1, 0.15) is 5.82 Å². The average molecular weight is 374 g/mol. The maximum absolute atomic E-state index is 11.6. The van der Waals surface area contributed by atoms with Crippen molar-refractivity contribution in [2.24, 2.45) is 17.8 Å². The number of anilines is 1. The molecular formula is C20H30N4O3. The van der Waals surface area contributed by atoms with Crippen molar-refractivity contribution >= 4 is 11.8 Å². The number of hydrogen-bond donors (Lipinski definition) is 1. The highest BCUT2D eigenvalue weighted by molar-refractivity contribution is 5.87. The molecule has 4 rings (SSSR count). The van der Waals surface area contributed by atoms with Crippen LogP contribution in [-0.2, 0) is 9.47 Å². The third-order valence-electron chi connectivity index (χ3n) is 6.19. The number of rotatable bonds is 6. The van der Waals surface area contributed by atoms with Crippen LogP contribution in [0.25, 0.3) is 0 Å². The van der Waals surface area contributed by atoms with Crippen molar-refractivity contribution in [3.8, 4) is 0 Å². The van der Waals surface area contributed by atoms with Crippen molar-refractivity contribution in [1.29, 1.82) is 0 Å². The highest BCUT2D eigenvalue weighted by Crippen LogP contribution is 2.39. The number of nitrogens with zero attached hydrogens (tertiary/aromatic N) is 3. The Morgan fingerprint density at radius 2 is 1.96 bits per heavy atom. The largest absolute Gasteiger partial charge is 0.461 e. The monoisotopic (exact) mass is 374 g/mol. The third kappa shape index (κ3) is 4.58. The Labute approximate surface area is 160 Å². The predicted molar refractivity (Wildman–Crippen MR) is 102 cm³/mol. The molecule has 3 atom stereocenters. The summed E-state index contributed by atoms with van der Waals surface area (Å²) in [6.07, 6.45) is 4.82. The molecule has 1 aromatic rings. The van der Waals surface area contributed by atoms with Crippen LogP contribution in [0.1, 0.15) is 43.1 Å². The predicted octanol–water partition coefficient (Wildman–Crippen LogP) is 2.20. The third-order valence-corrected chi connectivity index (χ3v) is 6.19. The first-order chi connectivity index (χ1) is 13.2. The van der Waals surface area contributed by atoms with Gasteiger partial charge < -0.3 is 19.7 Å². The fourth-order valence-electron chi connectivity index (χ4n) is 4.89. The number of carbonyl (C=O) groups excluding carboxylic acids is 1. The van der Waals surface area contributed by atoms with Gasteiger partial charge in [-0.2, -0.15) is 0 Å². The molecule has 0 bridgehead atoms. The number of hydrogen-bond acceptors (Lipinski definition) is 7. The van der Waals surface area contributed by atoms with Gasteiger partial charge in [0.05, 0.1) is 6.61 Å². The van der Waals surface area contributed by atoms with Gasteiger partial charge >= 0.3 is 5.97 Å². The molecule has 1 saturated carbocycles. The van der Waals surface area contributed by atoms with Crippen LogP contribution in [-0.4, -0.2) is 66.6 Å². The smallest absolute Gasteiger partial charge is 0.358 e. The fourth-order valence-corrected chi connectivity index (χ4v) is 4.89. The van der Waals surface area contributed by atoms with Gasteiger partial charge in [-0.05, 0) is 62.5 Å². The lowest BCUT2D eigenvalue weighted by Crippen LogP contribution is -2.32. The van der Waals surface area contributed by atoms with E-state index in [4.69, 9.17) is 9.47 Å². The van der Waals surface area contributed by atoms with E-state index in [0.29, 0.717) is 12.6 Å². The highest BCUT2D eigenvalue weighted by Gasteiger charge is 2.41. The Morgan fingerprint density at radius 3 is 2.59 bits per heavy atom. The minimum absolute atomic E-state index is 0.259. The summed E-state index contributed by atoms with van der Waals surface area (Å²) in [5.74, 6) is 2.71. The number of likely N-dealkylation sites (tertiary alicyclic amines) is 1. The summed E-state index contributed by atoms with van der Waals surface area (Å²) >= 11 is 0. The zero-order chi connectivity index (χ0) is 18.6. The molecule has 148 valence electrons. The number of esters is 1. The zero-order valence-electron chi connectivity index (χ0n) is 16.1. The SMILES string of the molecule is CCOC(=O)c1ccc(NC2CC3CN(CC4CCOCC4)C[C@H]3C2)nn1. The summed E-state index contributed by atoms with van der Waals surface area (Å²) in [6, 6.07) is 3.96. The van der Waals surface area contributed by atoms with Crippen LogP contribution < -0.4 is 5.32 Å². The van der Waals surface area contributed by atoms with Gasteiger partial charge in [0.15, 0.2) is 5.69 Å². The average Bonchev–Trinajstić information content (AvgIpc) is 3.21. The van der Waals surface area contributed by atoms with Crippen LogP contribution in [0.15, 0.2) is 12.1 Å². The topological polar surface area (TPSA) is 76.6 Å². The molecule has 7 nitrogen and oxygen atoms in total. The lowest BCUT2D eigenvalue weighted by atomic mass is 10.00. The number of nitrogens with one attached hydrogen (secondary N) is 1. The minimum Gasteiger partial charge on any atom is -0.461 e. The second-order valence-electron chi connectivity index (χ2n) is 8.13. The molecule has 1 aliphatic carbocycles. The maximum Gasteiger partial charge on any atom is 0.358 e. The molecule has 2 aliphatic heterocycles. The van der Waals surface area contributed by atoms with Crippen LogP contribution in [0.4, 0.5) is 5.82 Å². The molecule has 3 fully saturated rings. The van der Waals surface area contributed by atoms with E-state index in [1.165, 1.54) is 45.3 Å². The Kier molecular flexibility index (Phi) is 5.88. The Balaban J connectivity index is 1.24. The Hall–Kier alpha value is -1.73. The number of ether oxygens (including phenoxy) is 2. The van der Waals surface area contributed by atoms with E-state index in [2.05, 4.69) is 20.4 Å². The van der Waals surface area contributed by atoms with Crippen molar-refractivity contribution < 1.29 is 14.3 Å². The highest BCUT2D eigenvalue weighted by atomic mass is 16.5. The van der Waals surface area contributed by atoms with Crippen LogP contribution in [0.5, 0.6) is 0 Å². The lowest BCUT2D eigenvalue weighted by molar-refractivity contribution is 0.0518. The fraction of sp³-hybridized carbons (Fsp3) is 0.750. The second kappa shape index (κ2) is 8.52. The van der Waals surface area contributed by atoms with Crippen LogP contribution in [0.3, 0.4) is 0 Å². The van der Waals surface area contributed by atoms with Gasteiger partial charge in [-0.15, -0.1) is 10.2 Å². The Morgan fingerprint density at radius 1 is 1.22 bits per heavy atom. The molecule has 2 unspecified atom stereocenters. The molecule has 0 radical (unpaired) electrons. The normalized spacial score (nSPS) is 28.9. The van der Waals surface area contributed by atoms with E-state index < -0.39 is 5.97 Å². The van der Waals surface area contributed by atoms with Crippen molar-refractivity contribution in [2.75, 3.05) is 44.8 Å². The Bertz CT molecular complexity index is 619. The summed E-state index contributed by atoms with van der Waals surface area (Å²) in [6.45, 7) is 7.71. The summed E-state index contributed by atoms with van der Waals surface area (Å²) in [7, 11) is 0. The van der Waals surface area contributed by atoms with E-state index >= 15 is 0 Å². The number of fused-ring (bicyclic) bond motifs is 1. The molecule has 0 aromatic carbocycles. The molecule has 3 aliphatic rings. The minimum atomic E-state index is -0.420. The molecule has 1 N–H and O–H groups in total. The van der Waals surface area contributed by atoms with Crippen molar-refractivity contribution in [3.05, 3.63) is 17.8 Å². The molecule has 0 spiro atoms. The van der Waals surface area contributed by atoms with Crippen molar-refractivity contribution in [3.63, 3.8) is 0 Å². The van der Waals surface area contributed by atoms with Crippen LogP contribution >= 0.6 is 0 Å². The summed E-state index contributed by atoms with van der Waals surface area (Å²) < 4.78 is 10.4. The van der Waals surface area contributed by atoms with Gasteiger partial charge in [0.2, 0.25) is 0 Å². The quantitative estimate of drug-likeness (QED) is 0.765. The molecule has 7 heteroatoms. The van der Waals surface area contributed by atoms with Gasteiger partial charge in [-0.25, -0.2) is 4.79 Å². The lowest BCUT2D eigenvalue weighted by Gasteiger charge is -2.27. The van der Waals surface area contributed by atoms with Gasteiger partial charge in [0, 0.05) is 38.9 Å². The maximum atomic E-state index is 11.6. The molecule has 1 aromatic heterocycles. The van der Waals surface area contributed by atoms with Crippen molar-refractivity contribution in [1.82, 2.24) is 15.1 Å². The number of aromatic nitrogens is 2. The van der Waals surface area contributed by atoms with E-state index in [9.17, 15) is 4.79 Å². The van der Waals surface area contributed by atoms with Gasteiger partial charge in [-0.3, -0.25) is 0 Å². The number of carbonyl (C=O) groups is 1. The molecule has 3 heterocycles. The van der Waals surface area contributed by atoms with Gasteiger partial charge in [-0.1, -0.05) is 0 Å². The van der Waals surface area contributed by atoms with Crippen LogP contribution in [0, 0.1) is 17.8 Å². The standard InChI is InChI=1S/C20H30N4O3/c1-2-27-20(25)18-3-4-19(23-22-18)21-17-9-15-12-24(13-16(15)10-17)11-14-5-7-26-8-6-14/h3-4,14-17H,2,5-13H2,1H3,(H,21,23)/t15-,16?,17?/m1/s1. The first kappa shape index (κ1) is 18.6. The molecule has 2 saturated heterocycles. The molecule has 0 amide bonds. The van der Waals surface area contributed by atoms with Crippen molar-refractivity contribution in [2.45, 2.75) is 38.6 Å².